The molecule has 1 amide bonds. The van der Waals surface area contributed by atoms with Crippen LogP contribution in [0.1, 0.15) is 12.5 Å². The molecule has 0 saturated carbocycles. The predicted octanol–water partition coefficient (Wildman–Crippen LogP) is 3.36. The van der Waals surface area contributed by atoms with Crippen molar-refractivity contribution in [3.63, 3.8) is 0 Å². The number of aromatic nitrogens is 2. The average Bonchev–Trinajstić information content (AvgIpc) is 2.58. The molecule has 3 rings (SSSR count). The number of carbonyl (C=O) groups excluding carboxylic acids is 1. The summed E-state index contributed by atoms with van der Waals surface area (Å²) in [6, 6.07) is 12.9. The summed E-state index contributed by atoms with van der Waals surface area (Å²) in [6.07, 6.45) is 2.23. The average molecular weight is 386 g/mol. The van der Waals surface area contributed by atoms with Crippen molar-refractivity contribution >= 4 is 38.4 Å². The molecule has 6 heteroatoms. The summed E-state index contributed by atoms with van der Waals surface area (Å²) < 4.78 is 2.12. The van der Waals surface area contributed by atoms with Gasteiger partial charge in [-0.15, -0.1) is 0 Å². The fraction of sp³-hybridized carbons (Fsp3) is 0.167. The maximum absolute atomic E-state index is 12.5. The summed E-state index contributed by atoms with van der Waals surface area (Å²) in [7, 11) is 0. The number of benzene rings is 2. The van der Waals surface area contributed by atoms with Crippen molar-refractivity contribution in [2.45, 2.75) is 19.9 Å². The van der Waals surface area contributed by atoms with Gasteiger partial charge in [-0.1, -0.05) is 41.1 Å². The van der Waals surface area contributed by atoms with Crippen LogP contribution in [0.3, 0.4) is 0 Å². The second-order valence-corrected chi connectivity index (χ2v) is 6.31. The number of hydrogen-bond acceptors (Lipinski definition) is 3. The maximum atomic E-state index is 12.5. The SMILES string of the molecule is CCc1ccccc1NC(=O)Cn1cnc2ccc(Br)cc2c1=O. The Hall–Kier alpha value is -2.47. The van der Waals surface area contributed by atoms with E-state index in [0.29, 0.717) is 10.9 Å². The third-order valence-corrected chi connectivity index (χ3v) is 4.27. The summed E-state index contributed by atoms with van der Waals surface area (Å²) in [4.78, 5) is 29.1. The second kappa shape index (κ2) is 6.97. The van der Waals surface area contributed by atoms with E-state index in [1.807, 2.05) is 37.3 Å². The van der Waals surface area contributed by atoms with Crippen molar-refractivity contribution in [2.24, 2.45) is 0 Å². The Kier molecular flexibility index (Phi) is 4.76. The molecule has 0 bridgehead atoms. The van der Waals surface area contributed by atoms with Gasteiger partial charge in [-0.05, 0) is 36.2 Å². The fourth-order valence-corrected chi connectivity index (χ4v) is 2.90. The molecule has 24 heavy (non-hydrogen) atoms. The number of nitrogens with zero attached hydrogens (tertiary/aromatic N) is 2. The van der Waals surface area contributed by atoms with Gasteiger partial charge in [0.25, 0.3) is 5.56 Å². The summed E-state index contributed by atoms with van der Waals surface area (Å²) >= 11 is 3.35. The zero-order chi connectivity index (χ0) is 17.1. The minimum absolute atomic E-state index is 0.0770. The van der Waals surface area contributed by atoms with Crippen LogP contribution >= 0.6 is 15.9 Å². The third kappa shape index (κ3) is 3.38. The molecule has 1 N–H and O–H groups in total. The van der Waals surface area contributed by atoms with Gasteiger partial charge in [-0.3, -0.25) is 14.2 Å². The van der Waals surface area contributed by atoms with Gasteiger partial charge in [0.15, 0.2) is 0 Å². The lowest BCUT2D eigenvalue weighted by Gasteiger charge is -2.11. The van der Waals surface area contributed by atoms with Crippen LogP contribution in [-0.2, 0) is 17.8 Å². The van der Waals surface area contributed by atoms with Gasteiger partial charge in [0.05, 0.1) is 17.2 Å². The van der Waals surface area contributed by atoms with Crippen LogP contribution in [-0.4, -0.2) is 15.5 Å². The molecular formula is C18H16BrN3O2. The molecule has 0 aliphatic carbocycles. The number of hydrogen-bond donors (Lipinski definition) is 1. The molecule has 0 unspecified atom stereocenters. The largest absolute Gasteiger partial charge is 0.324 e. The first-order valence-electron chi connectivity index (χ1n) is 7.61. The van der Waals surface area contributed by atoms with Gasteiger partial charge in [0, 0.05) is 10.2 Å². The quantitative estimate of drug-likeness (QED) is 0.748. The van der Waals surface area contributed by atoms with Crippen molar-refractivity contribution in [1.29, 1.82) is 0 Å². The highest BCUT2D eigenvalue weighted by Gasteiger charge is 2.10. The molecule has 2 aromatic carbocycles. The van der Waals surface area contributed by atoms with Crippen molar-refractivity contribution in [3.8, 4) is 0 Å². The first kappa shape index (κ1) is 16.4. The Morgan fingerprint density at radius 1 is 1.25 bits per heavy atom. The number of para-hydroxylation sites is 1. The monoisotopic (exact) mass is 385 g/mol. The Balaban J connectivity index is 1.85. The minimum Gasteiger partial charge on any atom is -0.324 e. The summed E-state index contributed by atoms with van der Waals surface area (Å²) in [5.74, 6) is -0.255. The molecule has 0 aliphatic rings. The van der Waals surface area contributed by atoms with E-state index in [9.17, 15) is 9.59 Å². The van der Waals surface area contributed by atoms with E-state index in [2.05, 4.69) is 26.2 Å². The van der Waals surface area contributed by atoms with E-state index in [-0.39, 0.29) is 18.0 Å². The molecule has 5 nitrogen and oxygen atoms in total. The van der Waals surface area contributed by atoms with Crippen LogP contribution < -0.4 is 10.9 Å². The lowest BCUT2D eigenvalue weighted by atomic mass is 10.1. The Labute approximate surface area is 147 Å². The highest BCUT2D eigenvalue weighted by atomic mass is 79.9. The number of nitrogens with one attached hydrogen (secondary N) is 1. The van der Waals surface area contributed by atoms with E-state index in [4.69, 9.17) is 0 Å². The number of amides is 1. The number of aryl methyl sites for hydroxylation is 1. The first-order chi connectivity index (χ1) is 11.6. The first-order valence-corrected chi connectivity index (χ1v) is 8.40. The van der Waals surface area contributed by atoms with Crippen molar-refractivity contribution < 1.29 is 4.79 Å². The molecule has 0 saturated heterocycles. The van der Waals surface area contributed by atoms with E-state index in [1.165, 1.54) is 10.9 Å². The minimum atomic E-state index is -0.255. The zero-order valence-corrected chi connectivity index (χ0v) is 14.7. The highest BCUT2D eigenvalue weighted by molar-refractivity contribution is 9.10. The van der Waals surface area contributed by atoms with E-state index < -0.39 is 0 Å². The molecule has 0 atom stereocenters. The lowest BCUT2D eigenvalue weighted by molar-refractivity contribution is -0.116. The fourth-order valence-electron chi connectivity index (χ4n) is 2.54. The van der Waals surface area contributed by atoms with Crippen molar-refractivity contribution in [2.75, 3.05) is 5.32 Å². The van der Waals surface area contributed by atoms with Gasteiger partial charge in [0.2, 0.25) is 5.91 Å². The molecule has 1 aromatic heterocycles. The molecule has 122 valence electrons. The molecular weight excluding hydrogens is 370 g/mol. The highest BCUT2D eigenvalue weighted by Crippen LogP contribution is 2.16. The Morgan fingerprint density at radius 2 is 2.04 bits per heavy atom. The normalized spacial score (nSPS) is 10.8. The Morgan fingerprint density at radius 3 is 2.83 bits per heavy atom. The number of carbonyl (C=O) groups is 1. The second-order valence-electron chi connectivity index (χ2n) is 5.40. The molecule has 0 aliphatic heterocycles. The van der Waals surface area contributed by atoms with Crippen molar-refractivity contribution in [1.82, 2.24) is 9.55 Å². The smallest absolute Gasteiger partial charge is 0.261 e. The van der Waals surface area contributed by atoms with Gasteiger partial charge in [-0.25, -0.2) is 4.98 Å². The van der Waals surface area contributed by atoms with Gasteiger partial charge in [-0.2, -0.15) is 0 Å². The van der Waals surface area contributed by atoms with E-state index in [0.717, 1.165) is 22.1 Å². The topological polar surface area (TPSA) is 64.0 Å². The third-order valence-electron chi connectivity index (χ3n) is 3.77. The lowest BCUT2D eigenvalue weighted by Crippen LogP contribution is -2.28. The standard InChI is InChI=1S/C18H16BrN3O2/c1-2-12-5-3-4-6-15(12)21-17(23)10-22-11-20-16-8-7-13(19)9-14(16)18(22)24/h3-9,11H,2,10H2,1H3,(H,21,23). The number of rotatable bonds is 4. The zero-order valence-electron chi connectivity index (χ0n) is 13.1. The molecule has 3 aromatic rings. The van der Waals surface area contributed by atoms with Crippen LogP contribution in [0, 0.1) is 0 Å². The van der Waals surface area contributed by atoms with Crippen LogP contribution in [0.5, 0.6) is 0 Å². The predicted molar refractivity (Wildman–Crippen MR) is 98.2 cm³/mol. The molecule has 1 heterocycles. The number of fused-ring (bicyclic) bond motifs is 1. The van der Waals surface area contributed by atoms with Gasteiger partial charge in [0.1, 0.15) is 6.54 Å². The van der Waals surface area contributed by atoms with Gasteiger partial charge >= 0.3 is 0 Å². The maximum Gasteiger partial charge on any atom is 0.261 e. The van der Waals surface area contributed by atoms with Crippen molar-refractivity contribution in [3.05, 3.63) is 69.2 Å². The molecule has 0 spiro atoms. The van der Waals surface area contributed by atoms with E-state index >= 15 is 0 Å². The number of halogens is 1. The number of anilines is 1. The summed E-state index contributed by atoms with van der Waals surface area (Å²) in [5, 5.41) is 3.34. The van der Waals surface area contributed by atoms with Crippen LogP contribution in [0.15, 0.2) is 58.1 Å². The molecule has 0 fully saturated rings. The Bertz CT molecular complexity index is 966. The van der Waals surface area contributed by atoms with Crippen LogP contribution in [0.25, 0.3) is 10.9 Å². The van der Waals surface area contributed by atoms with E-state index in [1.54, 1.807) is 12.1 Å². The van der Waals surface area contributed by atoms with Crippen LogP contribution in [0.2, 0.25) is 0 Å². The summed E-state index contributed by atoms with van der Waals surface area (Å²) in [6.45, 7) is 1.95. The van der Waals surface area contributed by atoms with Gasteiger partial charge < -0.3 is 5.32 Å². The summed E-state index contributed by atoms with van der Waals surface area (Å²) in [5.41, 5.74) is 2.20. The van der Waals surface area contributed by atoms with Crippen LogP contribution in [0.4, 0.5) is 5.69 Å². The molecule has 0 radical (unpaired) electrons.